The molecule has 0 spiro atoms. The summed E-state index contributed by atoms with van der Waals surface area (Å²) in [6, 6.07) is 5.61. The van der Waals surface area contributed by atoms with Crippen LogP contribution in [0.2, 0.25) is 0 Å². The van der Waals surface area contributed by atoms with E-state index in [9.17, 15) is 18.0 Å². The molecule has 1 saturated heterocycles. The second-order valence-corrected chi connectivity index (χ2v) is 9.61. The van der Waals surface area contributed by atoms with Crippen LogP contribution in [0.1, 0.15) is 63.0 Å². The topological polar surface area (TPSA) is 48.4 Å². The molecule has 1 aliphatic heterocycles. The number of ether oxygens (including phenoxy) is 2. The molecule has 32 heavy (non-hydrogen) atoms. The summed E-state index contributed by atoms with van der Waals surface area (Å²) in [5.74, 6) is 0.0938. The summed E-state index contributed by atoms with van der Waals surface area (Å²) in [6.45, 7) is 5.67. The minimum Gasteiger partial charge on any atom is -0.466 e. The second kappa shape index (κ2) is 9.00. The lowest BCUT2D eigenvalue weighted by Gasteiger charge is -2.42. The van der Waals surface area contributed by atoms with Crippen molar-refractivity contribution in [2.45, 2.75) is 58.0 Å². The summed E-state index contributed by atoms with van der Waals surface area (Å²) in [4.78, 5) is 17.0. The number of nitrogens with zero attached hydrogens (tertiary/aromatic N) is 1. The first kappa shape index (κ1) is 23.0. The van der Waals surface area contributed by atoms with E-state index in [2.05, 4.69) is 11.9 Å². The second-order valence-electron chi connectivity index (χ2n) is 9.61. The number of hydrogen-bond donors (Lipinski definition) is 0. The van der Waals surface area contributed by atoms with Crippen LogP contribution in [-0.2, 0) is 20.4 Å². The molecule has 0 amide bonds. The minimum absolute atomic E-state index is 0.0174. The van der Waals surface area contributed by atoms with Gasteiger partial charge in [-0.2, -0.15) is 13.2 Å². The first-order valence-corrected chi connectivity index (χ1v) is 11.4. The fraction of sp³-hybridized carbons (Fsp3) is 0.600. The first-order valence-electron chi connectivity index (χ1n) is 11.4. The van der Waals surface area contributed by atoms with E-state index in [1.54, 1.807) is 6.20 Å². The fourth-order valence-corrected chi connectivity index (χ4v) is 5.32. The lowest BCUT2D eigenvalue weighted by atomic mass is 9.68. The Hall–Kier alpha value is -2.15. The molecule has 7 heteroatoms. The van der Waals surface area contributed by atoms with Crippen LogP contribution >= 0.6 is 0 Å². The molecule has 2 aromatic rings. The van der Waals surface area contributed by atoms with Crippen LogP contribution in [-0.4, -0.2) is 30.8 Å². The molecule has 0 bridgehead atoms. The van der Waals surface area contributed by atoms with Crippen molar-refractivity contribution in [2.75, 3.05) is 19.8 Å². The maximum atomic E-state index is 13.3. The molecule has 1 aliphatic carbocycles. The molecule has 1 saturated carbocycles. The summed E-state index contributed by atoms with van der Waals surface area (Å²) in [7, 11) is 0. The quantitative estimate of drug-likeness (QED) is 0.498. The highest BCUT2D eigenvalue weighted by Gasteiger charge is 2.42. The monoisotopic (exact) mass is 449 g/mol. The van der Waals surface area contributed by atoms with Gasteiger partial charge in [-0.1, -0.05) is 6.92 Å². The Kier molecular flexibility index (Phi) is 6.48. The SMILES string of the molecule is CCOC(=O)C(CC1(C)COC1)C1CCC(c2ccnc3ccc(C(F)(F)F)cc23)CC1. The number of fused-ring (bicyclic) bond motifs is 1. The number of rotatable bonds is 6. The van der Waals surface area contributed by atoms with Crippen molar-refractivity contribution in [3.8, 4) is 0 Å². The number of benzene rings is 1. The van der Waals surface area contributed by atoms with E-state index in [0.29, 0.717) is 30.7 Å². The van der Waals surface area contributed by atoms with Gasteiger partial charge in [-0.3, -0.25) is 9.78 Å². The van der Waals surface area contributed by atoms with Crippen molar-refractivity contribution in [2.24, 2.45) is 17.3 Å². The van der Waals surface area contributed by atoms with Gasteiger partial charge in [0.1, 0.15) is 0 Å². The predicted molar refractivity (Wildman–Crippen MR) is 115 cm³/mol. The third kappa shape index (κ3) is 4.77. The molecular formula is C25H30F3NO3. The largest absolute Gasteiger partial charge is 0.466 e. The highest BCUT2D eigenvalue weighted by Crippen LogP contribution is 2.45. The third-order valence-electron chi connectivity index (χ3n) is 7.09. The van der Waals surface area contributed by atoms with Crippen molar-refractivity contribution >= 4 is 16.9 Å². The first-order chi connectivity index (χ1) is 15.2. The molecule has 1 aromatic carbocycles. The lowest BCUT2D eigenvalue weighted by Crippen LogP contribution is -2.44. The van der Waals surface area contributed by atoms with Gasteiger partial charge in [-0.15, -0.1) is 0 Å². The van der Waals surface area contributed by atoms with E-state index in [0.717, 1.165) is 43.7 Å². The smallest absolute Gasteiger partial charge is 0.416 e. The van der Waals surface area contributed by atoms with Crippen LogP contribution in [0.4, 0.5) is 13.2 Å². The van der Waals surface area contributed by atoms with Gasteiger partial charge in [0.25, 0.3) is 0 Å². The molecule has 1 aromatic heterocycles. The Morgan fingerprint density at radius 2 is 1.94 bits per heavy atom. The van der Waals surface area contributed by atoms with E-state index in [1.807, 2.05) is 13.0 Å². The van der Waals surface area contributed by atoms with E-state index in [4.69, 9.17) is 9.47 Å². The van der Waals surface area contributed by atoms with E-state index in [-0.39, 0.29) is 29.1 Å². The number of carbonyl (C=O) groups excluding carboxylic acids is 1. The summed E-state index contributed by atoms with van der Waals surface area (Å²) < 4.78 is 50.6. The van der Waals surface area contributed by atoms with E-state index < -0.39 is 11.7 Å². The number of esters is 1. The average Bonchev–Trinajstić information content (AvgIpc) is 2.75. The van der Waals surface area contributed by atoms with E-state index in [1.165, 1.54) is 12.1 Å². The molecule has 174 valence electrons. The number of carbonyl (C=O) groups is 1. The summed E-state index contributed by atoms with van der Waals surface area (Å²) >= 11 is 0. The summed E-state index contributed by atoms with van der Waals surface area (Å²) in [5, 5.41) is 0.576. The zero-order chi connectivity index (χ0) is 22.9. The molecule has 2 fully saturated rings. The lowest BCUT2D eigenvalue weighted by molar-refractivity contribution is -0.159. The molecule has 2 aliphatic rings. The molecule has 1 atom stereocenters. The number of hydrogen-bond acceptors (Lipinski definition) is 4. The average molecular weight is 450 g/mol. The number of alkyl halides is 3. The minimum atomic E-state index is -4.38. The van der Waals surface area contributed by atoms with Crippen molar-refractivity contribution in [1.29, 1.82) is 0 Å². The molecule has 2 heterocycles. The maximum absolute atomic E-state index is 13.3. The Balaban J connectivity index is 1.52. The predicted octanol–water partition coefficient (Wildman–Crippen LogP) is 6.13. The van der Waals surface area contributed by atoms with Crippen LogP contribution in [0.25, 0.3) is 10.9 Å². The van der Waals surface area contributed by atoms with Gasteiger partial charge >= 0.3 is 12.1 Å². The van der Waals surface area contributed by atoms with Gasteiger partial charge in [0.2, 0.25) is 0 Å². The Labute approximate surface area is 186 Å². The van der Waals surface area contributed by atoms with Gasteiger partial charge in [-0.25, -0.2) is 0 Å². The van der Waals surface area contributed by atoms with Crippen LogP contribution in [0.5, 0.6) is 0 Å². The van der Waals surface area contributed by atoms with Crippen LogP contribution in [0.3, 0.4) is 0 Å². The molecule has 4 nitrogen and oxygen atoms in total. The molecule has 0 N–H and O–H groups in total. The number of aromatic nitrogens is 1. The Morgan fingerprint density at radius 1 is 1.22 bits per heavy atom. The molecule has 4 rings (SSSR count). The van der Waals surface area contributed by atoms with Gasteiger partial charge in [0.15, 0.2) is 0 Å². The van der Waals surface area contributed by atoms with Crippen molar-refractivity contribution < 1.29 is 27.4 Å². The highest BCUT2D eigenvalue weighted by atomic mass is 19.4. The Morgan fingerprint density at radius 3 is 2.53 bits per heavy atom. The zero-order valence-corrected chi connectivity index (χ0v) is 18.6. The molecule has 1 unspecified atom stereocenters. The molecular weight excluding hydrogens is 419 g/mol. The summed E-state index contributed by atoms with van der Waals surface area (Å²) in [6.07, 6.45) is 1.44. The third-order valence-corrected chi connectivity index (χ3v) is 7.09. The zero-order valence-electron chi connectivity index (χ0n) is 18.6. The fourth-order valence-electron chi connectivity index (χ4n) is 5.32. The Bertz CT molecular complexity index is 963. The standard InChI is InChI=1S/C25H30F3NO3/c1-3-32-23(30)21(13-24(2)14-31-15-24)17-6-4-16(5-7-17)19-10-11-29-22-9-8-18(12-20(19)22)25(26,27)28/h8-12,16-17,21H,3-7,13-15H2,1-2H3. The van der Waals surface area contributed by atoms with Crippen LogP contribution < -0.4 is 0 Å². The molecule has 0 radical (unpaired) electrons. The summed E-state index contributed by atoms with van der Waals surface area (Å²) in [5.41, 5.74) is 0.877. The van der Waals surface area contributed by atoms with E-state index >= 15 is 0 Å². The van der Waals surface area contributed by atoms with Crippen LogP contribution in [0.15, 0.2) is 30.5 Å². The van der Waals surface area contributed by atoms with Gasteiger partial charge in [0.05, 0.1) is 36.8 Å². The van der Waals surface area contributed by atoms with Crippen LogP contribution in [0, 0.1) is 17.3 Å². The van der Waals surface area contributed by atoms with Crippen molar-refractivity contribution in [3.63, 3.8) is 0 Å². The van der Waals surface area contributed by atoms with Gasteiger partial charge < -0.3 is 9.47 Å². The van der Waals surface area contributed by atoms with Crippen molar-refractivity contribution in [1.82, 2.24) is 4.98 Å². The number of halogens is 3. The van der Waals surface area contributed by atoms with Gasteiger partial charge in [0, 0.05) is 17.0 Å². The number of pyridine rings is 1. The highest BCUT2D eigenvalue weighted by molar-refractivity contribution is 5.83. The normalized spacial score (nSPS) is 24.0. The van der Waals surface area contributed by atoms with Crippen molar-refractivity contribution in [3.05, 3.63) is 41.6 Å². The van der Waals surface area contributed by atoms with Gasteiger partial charge in [-0.05, 0) is 80.7 Å². The maximum Gasteiger partial charge on any atom is 0.416 e.